The number of aliphatic hydroxyl groups is 1. The molecule has 0 saturated carbocycles. The highest BCUT2D eigenvalue weighted by Gasteiger charge is 2.31. The molecule has 10 heteroatoms. The Balaban J connectivity index is 1.75. The van der Waals surface area contributed by atoms with Gasteiger partial charge in [-0.05, 0) is 51.4 Å². The molecule has 0 spiro atoms. The van der Waals surface area contributed by atoms with E-state index in [1.807, 2.05) is 6.92 Å². The molecule has 1 saturated heterocycles. The van der Waals surface area contributed by atoms with Crippen molar-refractivity contribution in [3.63, 3.8) is 0 Å². The van der Waals surface area contributed by atoms with E-state index >= 15 is 0 Å². The van der Waals surface area contributed by atoms with Gasteiger partial charge in [0.1, 0.15) is 11.4 Å². The number of hydrogen-bond donors (Lipinski definition) is 3. The summed E-state index contributed by atoms with van der Waals surface area (Å²) in [6, 6.07) is 2.90. The minimum absolute atomic E-state index is 0.0744. The van der Waals surface area contributed by atoms with Crippen LogP contribution in [0.1, 0.15) is 31.0 Å². The van der Waals surface area contributed by atoms with Gasteiger partial charge in [-0.2, -0.15) is 13.2 Å². The number of piperidine rings is 1. The minimum atomic E-state index is -4.54. The number of phenolic OH excluding ortho intramolecular Hbond substituents is 1. The first kappa shape index (κ1) is 21.3. The highest BCUT2D eigenvalue weighted by atomic mass is 19.4. The second-order valence-corrected chi connectivity index (χ2v) is 7.31. The standard InChI is InChI=1S/C19H24F3N5O2/c1-11(10-28)27-7-3-4-14(9-27)24-18-23-12(2)17(25-26-18)15-6-5-13(8-16(15)29)19(20,21)22/h5-6,8,11,14,28-29H,3-4,7,9-10H2,1-2H3,(H,23,24,26)/t11?,14-/m1/s1. The lowest BCUT2D eigenvalue weighted by molar-refractivity contribution is -0.137. The molecule has 7 nitrogen and oxygen atoms in total. The summed E-state index contributed by atoms with van der Waals surface area (Å²) in [5.41, 5.74) is -0.132. The second-order valence-electron chi connectivity index (χ2n) is 7.31. The number of aromatic nitrogens is 3. The van der Waals surface area contributed by atoms with Crippen LogP contribution in [0.25, 0.3) is 11.3 Å². The third kappa shape index (κ3) is 4.94. The van der Waals surface area contributed by atoms with Gasteiger partial charge in [0, 0.05) is 24.2 Å². The third-order valence-corrected chi connectivity index (χ3v) is 5.11. The number of anilines is 1. The Morgan fingerprint density at radius 2 is 2.07 bits per heavy atom. The molecule has 1 aliphatic heterocycles. The van der Waals surface area contributed by atoms with Crippen LogP contribution < -0.4 is 5.32 Å². The number of nitrogens with one attached hydrogen (secondary N) is 1. The Bertz CT molecular complexity index is 862. The van der Waals surface area contributed by atoms with Gasteiger partial charge in [-0.3, -0.25) is 4.90 Å². The van der Waals surface area contributed by atoms with E-state index in [9.17, 15) is 23.4 Å². The molecular weight excluding hydrogens is 387 g/mol. The summed E-state index contributed by atoms with van der Waals surface area (Å²) >= 11 is 0. The molecule has 2 atom stereocenters. The molecule has 1 unspecified atom stereocenters. The number of likely N-dealkylation sites (tertiary alicyclic amines) is 1. The summed E-state index contributed by atoms with van der Waals surface area (Å²) in [5.74, 6) is -0.207. The molecule has 0 radical (unpaired) electrons. The van der Waals surface area contributed by atoms with Crippen molar-refractivity contribution in [2.45, 2.75) is 44.9 Å². The third-order valence-electron chi connectivity index (χ3n) is 5.11. The second kappa shape index (κ2) is 8.50. The van der Waals surface area contributed by atoms with E-state index in [-0.39, 0.29) is 29.9 Å². The number of rotatable bonds is 5. The smallest absolute Gasteiger partial charge is 0.416 e. The zero-order valence-electron chi connectivity index (χ0n) is 16.2. The lowest BCUT2D eigenvalue weighted by atomic mass is 10.0. The number of nitrogens with zero attached hydrogens (tertiary/aromatic N) is 4. The summed E-state index contributed by atoms with van der Waals surface area (Å²) < 4.78 is 38.3. The Morgan fingerprint density at radius 1 is 1.31 bits per heavy atom. The zero-order valence-corrected chi connectivity index (χ0v) is 16.2. The first-order valence-electron chi connectivity index (χ1n) is 9.42. The molecule has 1 aromatic heterocycles. The Hall–Kier alpha value is -2.46. The van der Waals surface area contributed by atoms with Crippen molar-refractivity contribution >= 4 is 5.95 Å². The highest BCUT2D eigenvalue weighted by Crippen LogP contribution is 2.36. The number of aryl methyl sites for hydroxylation is 1. The number of aromatic hydroxyl groups is 1. The molecular formula is C19H24F3N5O2. The Kier molecular flexibility index (Phi) is 6.23. The van der Waals surface area contributed by atoms with Gasteiger partial charge in [-0.1, -0.05) is 0 Å². The van der Waals surface area contributed by atoms with Crippen LogP contribution in [-0.4, -0.2) is 62.1 Å². The van der Waals surface area contributed by atoms with Crippen molar-refractivity contribution in [3.8, 4) is 17.0 Å². The lowest BCUT2D eigenvalue weighted by Gasteiger charge is -2.36. The first-order chi connectivity index (χ1) is 13.7. The monoisotopic (exact) mass is 411 g/mol. The van der Waals surface area contributed by atoms with Crippen molar-refractivity contribution in [1.29, 1.82) is 0 Å². The zero-order chi connectivity index (χ0) is 21.2. The maximum atomic E-state index is 12.8. The van der Waals surface area contributed by atoms with Crippen LogP contribution in [0.5, 0.6) is 5.75 Å². The topological polar surface area (TPSA) is 94.4 Å². The molecule has 0 amide bonds. The van der Waals surface area contributed by atoms with E-state index in [0.717, 1.165) is 32.0 Å². The summed E-state index contributed by atoms with van der Waals surface area (Å²) in [7, 11) is 0. The fourth-order valence-electron chi connectivity index (χ4n) is 3.44. The van der Waals surface area contributed by atoms with Gasteiger partial charge in [0.2, 0.25) is 5.95 Å². The van der Waals surface area contributed by atoms with Crippen molar-refractivity contribution in [3.05, 3.63) is 29.5 Å². The Morgan fingerprint density at radius 3 is 2.69 bits per heavy atom. The van der Waals surface area contributed by atoms with Crippen LogP contribution in [0.4, 0.5) is 19.1 Å². The average Bonchev–Trinajstić information content (AvgIpc) is 2.67. The quantitative estimate of drug-likeness (QED) is 0.697. The molecule has 0 bridgehead atoms. The Labute approximate surface area is 166 Å². The van der Waals surface area contributed by atoms with E-state index in [0.29, 0.717) is 17.7 Å². The van der Waals surface area contributed by atoms with Gasteiger partial charge in [0.05, 0.1) is 17.9 Å². The van der Waals surface area contributed by atoms with E-state index in [1.165, 1.54) is 6.07 Å². The predicted molar refractivity (Wildman–Crippen MR) is 101 cm³/mol. The summed E-state index contributed by atoms with van der Waals surface area (Å²) in [5, 5.41) is 30.7. The molecule has 2 heterocycles. The largest absolute Gasteiger partial charge is 0.507 e. The molecule has 1 aromatic carbocycles. The van der Waals surface area contributed by atoms with E-state index in [1.54, 1.807) is 6.92 Å². The van der Waals surface area contributed by atoms with Crippen molar-refractivity contribution in [2.24, 2.45) is 0 Å². The first-order valence-corrected chi connectivity index (χ1v) is 9.42. The van der Waals surface area contributed by atoms with Crippen LogP contribution >= 0.6 is 0 Å². The normalized spacial score (nSPS) is 19.2. The van der Waals surface area contributed by atoms with Crippen LogP contribution in [0.15, 0.2) is 18.2 Å². The average molecular weight is 411 g/mol. The number of hydrogen-bond acceptors (Lipinski definition) is 7. The molecule has 1 fully saturated rings. The van der Waals surface area contributed by atoms with Gasteiger partial charge >= 0.3 is 6.18 Å². The fourth-order valence-corrected chi connectivity index (χ4v) is 3.44. The molecule has 3 N–H and O–H groups in total. The number of halogens is 3. The summed E-state index contributed by atoms with van der Waals surface area (Å²) in [6.45, 7) is 5.38. The van der Waals surface area contributed by atoms with E-state index < -0.39 is 17.5 Å². The molecule has 3 rings (SSSR count). The van der Waals surface area contributed by atoms with Gasteiger partial charge in [0.15, 0.2) is 0 Å². The van der Waals surface area contributed by atoms with Crippen molar-refractivity contribution in [2.75, 3.05) is 25.0 Å². The number of benzene rings is 1. The molecule has 29 heavy (non-hydrogen) atoms. The van der Waals surface area contributed by atoms with Crippen LogP contribution in [0.2, 0.25) is 0 Å². The molecule has 158 valence electrons. The summed E-state index contributed by atoms with van der Waals surface area (Å²) in [4.78, 5) is 6.55. The SMILES string of the molecule is Cc1nc(N[C@@H]2CCCN(C(C)CO)C2)nnc1-c1ccc(C(F)(F)F)cc1O. The maximum Gasteiger partial charge on any atom is 0.416 e. The summed E-state index contributed by atoms with van der Waals surface area (Å²) in [6.07, 6.45) is -2.63. The fraction of sp³-hybridized carbons (Fsp3) is 0.526. The highest BCUT2D eigenvalue weighted by molar-refractivity contribution is 5.69. The van der Waals surface area contributed by atoms with Crippen molar-refractivity contribution < 1.29 is 23.4 Å². The number of alkyl halides is 3. The molecule has 2 aromatic rings. The van der Waals surface area contributed by atoms with Gasteiger partial charge in [-0.25, -0.2) is 4.98 Å². The van der Waals surface area contributed by atoms with Crippen LogP contribution in [0, 0.1) is 6.92 Å². The molecule has 1 aliphatic rings. The minimum Gasteiger partial charge on any atom is -0.507 e. The van der Waals surface area contributed by atoms with Gasteiger partial charge in [0.25, 0.3) is 0 Å². The predicted octanol–water partition coefficient (Wildman–Crippen LogP) is 2.83. The number of aliphatic hydroxyl groups excluding tert-OH is 1. The van der Waals surface area contributed by atoms with E-state index in [2.05, 4.69) is 25.4 Å². The molecule has 0 aliphatic carbocycles. The van der Waals surface area contributed by atoms with Crippen LogP contribution in [-0.2, 0) is 6.18 Å². The number of phenols is 1. The van der Waals surface area contributed by atoms with E-state index in [4.69, 9.17) is 0 Å². The lowest BCUT2D eigenvalue weighted by Crippen LogP contribution is -2.47. The van der Waals surface area contributed by atoms with Crippen molar-refractivity contribution in [1.82, 2.24) is 20.1 Å². The van der Waals surface area contributed by atoms with Crippen LogP contribution in [0.3, 0.4) is 0 Å². The van der Waals surface area contributed by atoms with Gasteiger partial charge in [-0.15, -0.1) is 10.2 Å². The van der Waals surface area contributed by atoms with Gasteiger partial charge < -0.3 is 15.5 Å². The maximum absolute atomic E-state index is 12.8.